The fourth-order valence-electron chi connectivity index (χ4n) is 1.14. The van der Waals surface area contributed by atoms with Crippen LogP contribution in [0.3, 0.4) is 0 Å². The number of para-hydroxylation sites is 1. The maximum atomic E-state index is 11.6. The van der Waals surface area contributed by atoms with E-state index in [0.29, 0.717) is 0 Å². The molecule has 1 amide bonds. The summed E-state index contributed by atoms with van der Waals surface area (Å²) in [6.45, 7) is 3.67. The Labute approximate surface area is 96.9 Å². The second-order valence-electron chi connectivity index (χ2n) is 2.89. The van der Waals surface area contributed by atoms with Crippen LogP contribution >= 0.6 is 11.6 Å². The molecule has 0 fully saturated rings. The maximum Gasteiger partial charge on any atom is 0.300 e. The third kappa shape index (κ3) is 2.58. The topological polar surface area (TPSA) is 72.2 Å². The van der Waals surface area contributed by atoms with Gasteiger partial charge >= 0.3 is 5.69 Å². The van der Waals surface area contributed by atoms with Crippen LogP contribution in [-0.4, -0.2) is 17.4 Å². The number of amides is 1. The van der Waals surface area contributed by atoms with E-state index in [2.05, 4.69) is 11.9 Å². The van der Waals surface area contributed by atoms with Gasteiger partial charge in [-0.2, -0.15) is 0 Å². The summed E-state index contributed by atoms with van der Waals surface area (Å²) in [7, 11) is 0. The minimum absolute atomic E-state index is 0.0562. The fourth-order valence-corrected chi connectivity index (χ4v) is 1.39. The van der Waals surface area contributed by atoms with E-state index in [0.717, 1.165) is 0 Å². The Hall–Kier alpha value is -1.88. The van der Waals surface area contributed by atoms with Crippen LogP contribution in [0.15, 0.2) is 30.9 Å². The van der Waals surface area contributed by atoms with Crippen LogP contribution in [0.2, 0.25) is 5.02 Å². The van der Waals surface area contributed by atoms with Gasteiger partial charge in [-0.05, 0) is 12.1 Å². The van der Waals surface area contributed by atoms with Crippen LogP contribution in [0.1, 0.15) is 10.4 Å². The molecule has 1 N–H and O–H groups in total. The van der Waals surface area contributed by atoms with Crippen molar-refractivity contribution < 1.29 is 9.72 Å². The Morgan fingerprint density at radius 1 is 1.62 bits per heavy atom. The molecule has 1 aromatic rings. The number of nitro benzene ring substituents is 1. The van der Waals surface area contributed by atoms with Gasteiger partial charge in [0.05, 0.1) is 4.92 Å². The molecule has 0 radical (unpaired) electrons. The number of nitrogens with one attached hydrogen (secondary N) is 1. The lowest BCUT2D eigenvalue weighted by Gasteiger charge is -2.04. The van der Waals surface area contributed by atoms with Crippen molar-refractivity contribution in [3.05, 3.63) is 51.6 Å². The predicted molar refractivity (Wildman–Crippen MR) is 60.6 cm³/mol. The van der Waals surface area contributed by atoms with Crippen molar-refractivity contribution in [2.45, 2.75) is 0 Å². The van der Waals surface area contributed by atoms with Crippen LogP contribution in [0.4, 0.5) is 5.69 Å². The minimum atomic E-state index is -0.675. The van der Waals surface area contributed by atoms with Crippen molar-refractivity contribution >= 4 is 23.2 Å². The van der Waals surface area contributed by atoms with Crippen molar-refractivity contribution in [2.24, 2.45) is 0 Å². The molecular weight excluding hydrogens is 232 g/mol. The Kier molecular flexibility index (Phi) is 4.02. The van der Waals surface area contributed by atoms with Gasteiger partial charge in [-0.25, -0.2) is 0 Å². The Balaban J connectivity index is 3.12. The molecule has 0 bridgehead atoms. The Morgan fingerprint density at radius 2 is 2.31 bits per heavy atom. The van der Waals surface area contributed by atoms with Crippen molar-refractivity contribution in [3.63, 3.8) is 0 Å². The number of benzene rings is 1. The minimum Gasteiger partial charge on any atom is -0.348 e. The molecular formula is C10H9ClN2O3. The zero-order valence-corrected chi connectivity index (χ0v) is 9.03. The number of nitro groups is 1. The van der Waals surface area contributed by atoms with Crippen molar-refractivity contribution in [2.75, 3.05) is 6.54 Å². The lowest BCUT2D eigenvalue weighted by atomic mass is 10.1. The lowest BCUT2D eigenvalue weighted by Crippen LogP contribution is -2.24. The number of carbonyl (C=O) groups is 1. The average Bonchev–Trinajstić information content (AvgIpc) is 2.24. The number of hydrogen-bond donors (Lipinski definition) is 1. The molecule has 0 aliphatic carbocycles. The molecule has 84 valence electrons. The first-order chi connectivity index (χ1) is 7.57. The molecule has 0 aromatic heterocycles. The summed E-state index contributed by atoms with van der Waals surface area (Å²) in [5.41, 5.74) is -0.440. The van der Waals surface area contributed by atoms with Crippen LogP contribution in [0.25, 0.3) is 0 Å². The van der Waals surface area contributed by atoms with Gasteiger partial charge in [-0.15, -0.1) is 6.58 Å². The van der Waals surface area contributed by atoms with Gasteiger partial charge in [0.2, 0.25) is 0 Å². The van der Waals surface area contributed by atoms with E-state index in [1.54, 1.807) is 0 Å². The number of carbonyl (C=O) groups excluding carboxylic acids is 1. The third-order valence-corrected chi connectivity index (χ3v) is 2.13. The first kappa shape index (κ1) is 12.2. The molecule has 0 heterocycles. The maximum absolute atomic E-state index is 11.6. The SMILES string of the molecule is C=CCNC(=O)c1cccc(Cl)c1[N+](=O)[O-]. The van der Waals surface area contributed by atoms with E-state index in [1.165, 1.54) is 24.3 Å². The van der Waals surface area contributed by atoms with E-state index in [4.69, 9.17) is 11.6 Å². The molecule has 0 aliphatic heterocycles. The fraction of sp³-hybridized carbons (Fsp3) is 0.100. The van der Waals surface area contributed by atoms with Gasteiger partial charge in [0, 0.05) is 6.54 Å². The van der Waals surface area contributed by atoms with Gasteiger partial charge in [0.1, 0.15) is 10.6 Å². The van der Waals surface area contributed by atoms with E-state index < -0.39 is 10.8 Å². The summed E-state index contributed by atoms with van der Waals surface area (Å²) in [5, 5.41) is 13.1. The quantitative estimate of drug-likeness (QED) is 0.498. The van der Waals surface area contributed by atoms with Crippen LogP contribution in [0, 0.1) is 10.1 Å². The highest BCUT2D eigenvalue weighted by molar-refractivity contribution is 6.33. The molecule has 1 aromatic carbocycles. The number of halogens is 1. The molecule has 1 rings (SSSR count). The number of hydrogen-bond acceptors (Lipinski definition) is 3. The molecule has 0 unspecified atom stereocenters. The molecule has 16 heavy (non-hydrogen) atoms. The highest BCUT2D eigenvalue weighted by atomic mass is 35.5. The molecule has 0 spiro atoms. The van der Waals surface area contributed by atoms with Gasteiger partial charge < -0.3 is 5.32 Å². The predicted octanol–water partition coefficient (Wildman–Crippen LogP) is 2.16. The van der Waals surface area contributed by atoms with Crippen LogP contribution in [-0.2, 0) is 0 Å². The van der Waals surface area contributed by atoms with E-state index in [9.17, 15) is 14.9 Å². The zero-order valence-electron chi connectivity index (χ0n) is 8.27. The van der Waals surface area contributed by atoms with Gasteiger partial charge in [-0.3, -0.25) is 14.9 Å². The van der Waals surface area contributed by atoms with Gasteiger partial charge in [0.25, 0.3) is 5.91 Å². The van der Waals surface area contributed by atoms with E-state index in [1.807, 2.05) is 0 Å². The summed E-state index contributed by atoms with van der Waals surface area (Å²) in [4.78, 5) is 21.6. The smallest absolute Gasteiger partial charge is 0.300 e. The van der Waals surface area contributed by atoms with Gasteiger partial charge in [0.15, 0.2) is 0 Å². The standard InChI is InChI=1S/C10H9ClN2O3/c1-2-6-12-10(14)7-4-3-5-8(11)9(7)13(15)16/h2-5H,1,6H2,(H,12,14). The molecule has 0 saturated heterocycles. The third-order valence-electron chi connectivity index (χ3n) is 1.82. The molecule has 0 atom stereocenters. The average molecular weight is 241 g/mol. The molecule has 0 saturated carbocycles. The van der Waals surface area contributed by atoms with Crippen LogP contribution in [0.5, 0.6) is 0 Å². The largest absolute Gasteiger partial charge is 0.348 e. The van der Waals surface area contributed by atoms with Crippen LogP contribution < -0.4 is 5.32 Å². The Morgan fingerprint density at radius 3 is 2.88 bits per heavy atom. The van der Waals surface area contributed by atoms with E-state index >= 15 is 0 Å². The summed E-state index contributed by atoms with van der Waals surface area (Å²) < 4.78 is 0. The van der Waals surface area contributed by atoms with Crippen molar-refractivity contribution in [1.82, 2.24) is 5.32 Å². The normalized spacial score (nSPS) is 9.56. The second kappa shape index (κ2) is 5.27. The molecule has 0 aliphatic rings. The summed E-state index contributed by atoms with van der Waals surface area (Å²) in [6, 6.07) is 4.20. The number of nitrogens with zero attached hydrogens (tertiary/aromatic N) is 1. The summed E-state index contributed by atoms with van der Waals surface area (Å²) in [5.74, 6) is -0.547. The number of rotatable bonds is 4. The highest BCUT2D eigenvalue weighted by Gasteiger charge is 2.22. The first-order valence-corrected chi connectivity index (χ1v) is 4.77. The Bertz CT molecular complexity index is 446. The van der Waals surface area contributed by atoms with E-state index in [-0.39, 0.29) is 22.8 Å². The van der Waals surface area contributed by atoms with Gasteiger partial charge in [-0.1, -0.05) is 23.7 Å². The second-order valence-corrected chi connectivity index (χ2v) is 3.30. The zero-order chi connectivity index (χ0) is 12.1. The van der Waals surface area contributed by atoms with Crippen molar-refractivity contribution in [1.29, 1.82) is 0 Å². The molecule has 6 heteroatoms. The summed E-state index contributed by atoms with van der Waals surface area (Å²) in [6.07, 6.45) is 1.48. The first-order valence-electron chi connectivity index (χ1n) is 4.40. The monoisotopic (exact) mass is 240 g/mol. The van der Waals surface area contributed by atoms with Crippen molar-refractivity contribution in [3.8, 4) is 0 Å². The summed E-state index contributed by atoms with van der Waals surface area (Å²) >= 11 is 5.66. The highest BCUT2D eigenvalue weighted by Crippen LogP contribution is 2.27. The molecule has 5 nitrogen and oxygen atoms in total. The lowest BCUT2D eigenvalue weighted by molar-refractivity contribution is -0.385.